The SMILES string of the molecule is CC(C)(C)C1=CC(=C(N=Nc2ccccc2F)c2scc3c2OCCO3)C=C(C(C)(C)C)C1=O. The molecule has 1 aliphatic heterocycles. The number of Topliss-reactive ketones (excluding diaryl/α,β-unsaturated/α-hetero) is 1. The number of carbonyl (C=O) groups excluding carboxylic acids is 1. The lowest BCUT2D eigenvalue weighted by atomic mass is 9.71. The van der Waals surface area contributed by atoms with Gasteiger partial charge in [0.25, 0.3) is 0 Å². The van der Waals surface area contributed by atoms with E-state index in [9.17, 15) is 9.18 Å². The standard InChI is InChI=1S/C27H29FN2O3S/c1-26(2,3)17-13-16(14-18(23(17)31)27(4,5)6)22(30-29-20-10-8-7-9-19(20)28)25-24-21(15-34-25)32-11-12-33-24/h7-10,13-15H,11-12H2,1-6H3. The summed E-state index contributed by atoms with van der Waals surface area (Å²) >= 11 is 1.43. The molecule has 4 rings (SSSR count). The van der Waals surface area contributed by atoms with Crippen molar-refractivity contribution >= 4 is 28.5 Å². The zero-order valence-electron chi connectivity index (χ0n) is 20.4. The summed E-state index contributed by atoms with van der Waals surface area (Å²) in [5.41, 5.74) is 2.00. The molecule has 0 spiro atoms. The molecule has 1 aromatic carbocycles. The van der Waals surface area contributed by atoms with E-state index in [4.69, 9.17) is 9.47 Å². The van der Waals surface area contributed by atoms with Gasteiger partial charge in [-0.1, -0.05) is 53.7 Å². The van der Waals surface area contributed by atoms with Gasteiger partial charge in [-0.3, -0.25) is 4.79 Å². The number of ketones is 1. The highest BCUT2D eigenvalue weighted by Gasteiger charge is 2.35. The van der Waals surface area contributed by atoms with Crippen LogP contribution in [0.4, 0.5) is 10.1 Å². The number of thiophene rings is 1. The van der Waals surface area contributed by atoms with E-state index in [0.29, 0.717) is 41.6 Å². The molecule has 2 aliphatic rings. The van der Waals surface area contributed by atoms with Gasteiger partial charge in [-0.25, -0.2) is 4.39 Å². The maximum absolute atomic E-state index is 14.3. The van der Waals surface area contributed by atoms with Gasteiger partial charge in [0.1, 0.15) is 29.5 Å². The van der Waals surface area contributed by atoms with Gasteiger partial charge in [0, 0.05) is 22.1 Å². The number of benzene rings is 1. The minimum absolute atomic E-state index is 0.0296. The van der Waals surface area contributed by atoms with Crippen LogP contribution < -0.4 is 9.47 Å². The zero-order valence-corrected chi connectivity index (χ0v) is 21.2. The van der Waals surface area contributed by atoms with Crippen LogP contribution in [0, 0.1) is 16.6 Å². The monoisotopic (exact) mass is 480 g/mol. The molecule has 0 amide bonds. The molecule has 2 heterocycles. The first kappa shape index (κ1) is 24.1. The average Bonchev–Trinajstić information content (AvgIpc) is 3.18. The number of azo groups is 1. The molecule has 0 atom stereocenters. The molecule has 5 nitrogen and oxygen atoms in total. The molecule has 0 fully saturated rings. The van der Waals surface area contributed by atoms with Gasteiger partial charge in [-0.15, -0.1) is 21.6 Å². The molecular formula is C27H29FN2O3S. The lowest BCUT2D eigenvalue weighted by Gasteiger charge is -2.31. The number of fused-ring (bicyclic) bond motifs is 1. The van der Waals surface area contributed by atoms with Crippen molar-refractivity contribution in [3.05, 3.63) is 69.2 Å². The van der Waals surface area contributed by atoms with Crippen LogP contribution in [0.1, 0.15) is 46.4 Å². The highest BCUT2D eigenvalue weighted by atomic mass is 32.1. The summed E-state index contributed by atoms with van der Waals surface area (Å²) in [6.45, 7) is 13.0. The normalized spacial score (nSPS) is 16.6. The number of hydrogen-bond donors (Lipinski definition) is 0. The summed E-state index contributed by atoms with van der Waals surface area (Å²) in [6, 6.07) is 6.24. The maximum atomic E-state index is 14.3. The van der Waals surface area contributed by atoms with Crippen LogP contribution in [0.3, 0.4) is 0 Å². The molecule has 34 heavy (non-hydrogen) atoms. The van der Waals surface area contributed by atoms with Crippen molar-refractivity contribution in [2.24, 2.45) is 21.1 Å². The number of carbonyl (C=O) groups is 1. The van der Waals surface area contributed by atoms with Crippen LogP contribution >= 0.6 is 11.3 Å². The molecule has 1 aromatic heterocycles. The van der Waals surface area contributed by atoms with Crippen molar-refractivity contribution in [1.29, 1.82) is 0 Å². The van der Waals surface area contributed by atoms with Crippen molar-refractivity contribution in [3.63, 3.8) is 0 Å². The first-order chi connectivity index (χ1) is 16.0. The second kappa shape index (κ2) is 8.95. The molecule has 0 saturated carbocycles. The molecule has 2 aromatic rings. The summed E-state index contributed by atoms with van der Waals surface area (Å²) in [7, 11) is 0. The molecule has 0 saturated heterocycles. The van der Waals surface area contributed by atoms with Crippen LogP contribution in [0.5, 0.6) is 11.5 Å². The summed E-state index contributed by atoms with van der Waals surface area (Å²) in [6.07, 6.45) is 3.76. The summed E-state index contributed by atoms with van der Waals surface area (Å²) in [5.74, 6) is 0.818. The van der Waals surface area contributed by atoms with Gasteiger partial charge in [0.05, 0.1) is 0 Å². The van der Waals surface area contributed by atoms with Gasteiger partial charge in [0.2, 0.25) is 0 Å². The highest BCUT2D eigenvalue weighted by Crippen LogP contribution is 2.47. The Balaban J connectivity index is 1.99. The van der Waals surface area contributed by atoms with Gasteiger partial charge in [-0.05, 0) is 35.1 Å². The molecule has 0 unspecified atom stereocenters. The number of hydrogen-bond acceptors (Lipinski definition) is 6. The molecular weight excluding hydrogens is 451 g/mol. The Hall–Kier alpha value is -3.06. The molecule has 178 valence electrons. The van der Waals surface area contributed by atoms with E-state index in [2.05, 4.69) is 10.2 Å². The number of rotatable bonds is 3. The van der Waals surface area contributed by atoms with Crippen molar-refractivity contribution in [1.82, 2.24) is 0 Å². The first-order valence-corrected chi connectivity index (χ1v) is 12.1. The van der Waals surface area contributed by atoms with Gasteiger partial charge < -0.3 is 9.47 Å². The van der Waals surface area contributed by atoms with E-state index >= 15 is 0 Å². The van der Waals surface area contributed by atoms with E-state index in [-0.39, 0.29) is 22.3 Å². The molecule has 7 heteroatoms. The summed E-state index contributed by atoms with van der Waals surface area (Å²) in [4.78, 5) is 14.2. The largest absolute Gasteiger partial charge is 0.485 e. The minimum Gasteiger partial charge on any atom is -0.485 e. The zero-order chi connectivity index (χ0) is 24.7. The second-order valence-electron chi connectivity index (χ2n) is 10.4. The lowest BCUT2D eigenvalue weighted by molar-refractivity contribution is -0.114. The van der Waals surface area contributed by atoms with E-state index < -0.39 is 5.82 Å². The third-order valence-electron chi connectivity index (χ3n) is 5.60. The molecule has 0 N–H and O–H groups in total. The Bertz CT molecular complexity index is 1220. The Morgan fingerprint density at radius 2 is 1.59 bits per heavy atom. The number of nitrogens with zero attached hydrogens (tertiary/aromatic N) is 2. The Morgan fingerprint density at radius 1 is 0.971 bits per heavy atom. The topological polar surface area (TPSA) is 60.3 Å². The van der Waals surface area contributed by atoms with E-state index in [1.54, 1.807) is 18.2 Å². The Morgan fingerprint density at radius 3 is 2.21 bits per heavy atom. The smallest absolute Gasteiger partial charge is 0.186 e. The van der Waals surface area contributed by atoms with Crippen molar-refractivity contribution in [2.75, 3.05) is 13.2 Å². The average molecular weight is 481 g/mol. The number of ether oxygens (including phenoxy) is 2. The fourth-order valence-electron chi connectivity index (χ4n) is 3.78. The fourth-order valence-corrected chi connectivity index (χ4v) is 4.71. The predicted molar refractivity (Wildman–Crippen MR) is 133 cm³/mol. The molecule has 0 radical (unpaired) electrons. The second-order valence-corrected chi connectivity index (χ2v) is 11.2. The number of allylic oxidation sites excluding steroid dienone is 5. The van der Waals surface area contributed by atoms with Gasteiger partial charge in [0.15, 0.2) is 23.1 Å². The molecule has 0 bridgehead atoms. The van der Waals surface area contributed by atoms with Crippen molar-refractivity contribution < 1.29 is 18.7 Å². The van der Waals surface area contributed by atoms with Crippen molar-refractivity contribution in [3.8, 4) is 11.5 Å². The minimum atomic E-state index is -0.459. The third kappa shape index (κ3) is 4.75. The van der Waals surface area contributed by atoms with Gasteiger partial charge in [-0.2, -0.15) is 0 Å². The van der Waals surface area contributed by atoms with Crippen LogP contribution in [0.2, 0.25) is 0 Å². The van der Waals surface area contributed by atoms with Crippen molar-refractivity contribution in [2.45, 2.75) is 41.5 Å². The predicted octanol–water partition coefficient (Wildman–Crippen LogP) is 7.68. The van der Waals surface area contributed by atoms with E-state index in [1.165, 1.54) is 17.4 Å². The lowest BCUT2D eigenvalue weighted by Crippen LogP contribution is -2.28. The quantitative estimate of drug-likeness (QED) is 0.423. The third-order valence-corrected chi connectivity index (χ3v) is 6.55. The fraction of sp³-hybridized carbons (Fsp3) is 0.370. The Labute approximate surface area is 203 Å². The van der Waals surface area contributed by atoms with E-state index in [0.717, 1.165) is 10.5 Å². The van der Waals surface area contributed by atoms with Crippen LogP contribution in [0.25, 0.3) is 5.70 Å². The van der Waals surface area contributed by atoms with Crippen LogP contribution in [-0.2, 0) is 4.79 Å². The maximum Gasteiger partial charge on any atom is 0.186 e. The highest BCUT2D eigenvalue weighted by molar-refractivity contribution is 7.11. The van der Waals surface area contributed by atoms with E-state index in [1.807, 2.05) is 59.1 Å². The molecule has 1 aliphatic carbocycles. The first-order valence-electron chi connectivity index (χ1n) is 11.2. The van der Waals surface area contributed by atoms with Gasteiger partial charge >= 0.3 is 0 Å². The van der Waals surface area contributed by atoms with Crippen LogP contribution in [-0.4, -0.2) is 19.0 Å². The Kier molecular flexibility index (Phi) is 6.34. The van der Waals surface area contributed by atoms with Crippen LogP contribution in [0.15, 0.2) is 68.7 Å². The number of halogens is 1. The summed E-state index contributed by atoms with van der Waals surface area (Å²) in [5, 5.41) is 10.6. The summed E-state index contributed by atoms with van der Waals surface area (Å²) < 4.78 is 26.0.